The molecule has 0 unspecified atom stereocenters. The number of benzene rings is 2. The maximum atomic E-state index is 12.6. The van der Waals surface area contributed by atoms with Gasteiger partial charge in [0.2, 0.25) is 0 Å². The second-order valence-corrected chi connectivity index (χ2v) is 7.20. The van der Waals surface area contributed by atoms with E-state index in [-0.39, 0.29) is 11.5 Å². The number of carbonyl (C=O) groups is 1. The predicted octanol–water partition coefficient (Wildman–Crippen LogP) is 5.70. The van der Waals surface area contributed by atoms with Crippen LogP contribution in [-0.2, 0) is 4.79 Å². The molecule has 0 radical (unpaired) electrons. The minimum atomic E-state index is -0.419. The molecule has 0 saturated heterocycles. The summed E-state index contributed by atoms with van der Waals surface area (Å²) in [5.41, 5.74) is 4.96. The molecule has 0 aliphatic rings. The molecule has 0 heterocycles. The van der Waals surface area contributed by atoms with E-state index >= 15 is 0 Å². The number of anilines is 2. The molecule has 2 rings (SSSR count). The summed E-state index contributed by atoms with van der Waals surface area (Å²) in [5, 5.41) is 15.5. The quantitative estimate of drug-likeness (QED) is 0.512. The van der Waals surface area contributed by atoms with Crippen LogP contribution in [0, 0.1) is 18.3 Å². The lowest BCUT2D eigenvalue weighted by Crippen LogP contribution is -2.16. The maximum Gasteiger partial charge on any atom is 0.267 e. The maximum absolute atomic E-state index is 12.6. The standard InChI is InChI=1S/C23H27N3O/c1-15(2)19-10-6-7-12-21(19)26-23(27)18(13-24)14-25-22-17(5)9-8-11-20(22)16(3)4/h6-12,14-16,25H,1-5H3,(H,26,27)/b18-14-. The normalized spacial score (nSPS) is 11.4. The van der Waals surface area contributed by atoms with Crippen molar-refractivity contribution in [1.82, 2.24) is 0 Å². The van der Waals surface area contributed by atoms with Crippen molar-refractivity contribution in [3.05, 3.63) is 70.9 Å². The Bertz CT molecular complexity index is 889. The molecule has 0 fully saturated rings. The summed E-state index contributed by atoms with van der Waals surface area (Å²) in [7, 11) is 0. The Labute approximate surface area is 161 Å². The van der Waals surface area contributed by atoms with E-state index in [9.17, 15) is 10.1 Å². The Balaban J connectivity index is 2.26. The smallest absolute Gasteiger partial charge is 0.267 e. The number of aryl methyl sites for hydroxylation is 1. The van der Waals surface area contributed by atoms with Gasteiger partial charge in [0.25, 0.3) is 5.91 Å². The molecule has 0 bridgehead atoms. The molecule has 4 nitrogen and oxygen atoms in total. The molecule has 0 aliphatic carbocycles. The average molecular weight is 361 g/mol. The number of rotatable bonds is 6. The van der Waals surface area contributed by atoms with Crippen molar-refractivity contribution in [1.29, 1.82) is 5.26 Å². The summed E-state index contributed by atoms with van der Waals surface area (Å²) in [6.07, 6.45) is 1.49. The van der Waals surface area contributed by atoms with E-state index in [0.717, 1.165) is 28.1 Å². The fraction of sp³-hybridized carbons (Fsp3) is 0.304. The van der Waals surface area contributed by atoms with Crippen LogP contribution in [0.4, 0.5) is 11.4 Å². The van der Waals surface area contributed by atoms with Gasteiger partial charge in [0.15, 0.2) is 0 Å². The van der Waals surface area contributed by atoms with Crippen LogP contribution >= 0.6 is 0 Å². The minimum absolute atomic E-state index is 0.0338. The van der Waals surface area contributed by atoms with Crippen molar-refractivity contribution in [2.45, 2.75) is 46.5 Å². The molecule has 0 saturated carbocycles. The number of nitrogens with one attached hydrogen (secondary N) is 2. The number of hydrogen-bond donors (Lipinski definition) is 2. The van der Waals surface area contributed by atoms with Crippen molar-refractivity contribution in [3.63, 3.8) is 0 Å². The van der Waals surface area contributed by atoms with Gasteiger partial charge in [-0.2, -0.15) is 5.26 Å². The minimum Gasteiger partial charge on any atom is -0.360 e. The lowest BCUT2D eigenvalue weighted by Gasteiger charge is -2.16. The highest BCUT2D eigenvalue weighted by molar-refractivity contribution is 6.07. The summed E-state index contributed by atoms with van der Waals surface area (Å²) >= 11 is 0. The first-order chi connectivity index (χ1) is 12.8. The van der Waals surface area contributed by atoms with E-state index in [1.54, 1.807) is 0 Å². The first-order valence-corrected chi connectivity index (χ1v) is 9.21. The fourth-order valence-electron chi connectivity index (χ4n) is 2.97. The Morgan fingerprint density at radius 2 is 1.63 bits per heavy atom. The van der Waals surface area contributed by atoms with Gasteiger partial charge in [-0.1, -0.05) is 64.1 Å². The third kappa shape index (κ3) is 4.98. The first-order valence-electron chi connectivity index (χ1n) is 9.21. The van der Waals surface area contributed by atoms with Gasteiger partial charge in [0, 0.05) is 17.6 Å². The van der Waals surface area contributed by atoms with Crippen molar-refractivity contribution in [2.24, 2.45) is 0 Å². The van der Waals surface area contributed by atoms with E-state index in [1.807, 2.05) is 49.4 Å². The number of hydrogen-bond acceptors (Lipinski definition) is 3. The van der Waals surface area contributed by atoms with Gasteiger partial charge in [-0.3, -0.25) is 4.79 Å². The van der Waals surface area contributed by atoms with Crippen LogP contribution in [0.15, 0.2) is 54.2 Å². The zero-order valence-corrected chi connectivity index (χ0v) is 16.6. The van der Waals surface area contributed by atoms with Crippen LogP contribution in [0.25, 0.3) is 0 Å². The molecule has 1 amide bonds. The molecule has 0 atom stereocenters. The lowest BCUT2D eigenvalue weighted by atomic mass is 9.98. The molecule has 140 valence electrons. The number of amides is 1. The second-order valence-electron chi connectivity index (χ2n) is 7.20. The average Bonchev–Trinajstić information content (AvgIpc) is 2.63. The third-order valence-electron chi connectivity index (χ3n) is 4.48. The number of nitrogens with zero attached hydrogens (tertiary/aromatic N) is 1. The van der Waals surface area contributed by atoms with Crippen molar-refractivity contribution >= 4 is 17.3 Å². The van der Waals surface area contributed by atoms with Crippen LogP contribution < -0.4 is 10.6 Å². The molecule has 4 heteroatoms. The number of carbonyl (C=O) groups excluding carboxylic acids is 1. The predicted molar refractivity (Wildman–Crippen MR) is 112 cm³/mol. The third-order valence-corrected chi connectivity index (χ3v) is 4.48. The Morgan fingerprint density at radius 1 is 1.00 bits per heavy atom. The zero-order chi connectivity index (χ0) is 20.0. The van der Waals surface area contributed by atoms with Crippen LogP contribution in [0.3, 0.4) is 0 Å². The van der Waals surface area contributed by atoms with Gasteiger partial charge in [-0.25, -0.2) is 0 Å². The van der Waals surface area contributed by atoms with E-state index in [0.29, 0.717) is 5.92 Å². The summed E-state index contributed by atoms with van der Waals surface area (Å²) in [6, 6.07) is 15.7. The number of nitriles is 1. The summed E-state index contributed by atoms with van der Waals surface area (Å²) in [5.74, 6) is 0.186. The van der Waals surface area contributed by atoms with Crippen molar-refractivity contribution in [2.75, 3.05) is 10.6 Å². The molecule has 2 aromatic carbocycles. The highest BCUT2D eigenvalue weighted by Gasteiger charge is 2.14. The van der Waals surface area contributed by atoms with E-state index in [1.165, 1.54) is 6.20 Å². The Hall–Kier alpha value is -3.06. The molecule has 0 aromatic heterocycles. The van der Waals surface area contributed by atoms with E-state index in [4.69, 9.17) is 0 Å². The van der Waals surface area contributed by atoms with E-state index in [2.05, 4.69) is 44.4 Å². The topological polar surface area (TPSA) is 64.9 Å². The van der Waals surface area contributed by atoms with Crippen LogP contribution in [0.1, 0.15) is 56.2 Å². The molecule has 27 heavy (non-hydrogen) atoms. The van der Waals surface area contributed by atoms with Crippen LogP contribution in [0.5, 0.6) is 0 Å². The highest BCUT2D eigenvalue weighted by Crippen LogP contribution is 2.28. The fourth-order valence-corrected chi connectivity index (χ4v) is 2.97. The van der Waals surface area contributed by atoms with Crippen molar-refractivity contribution in [3.8, 4) is 6.07 Å². The van der Waals surface area contributed by atoms with Gasteiger partial charge in [0.05, 0.1) is 0 Å². The molecule has 2 N–H and O–H groups in total. The molecule has 0 aliphatic heterocycles. The Morgan fingerprint density at radius 3 is 2.26 bits per heavy atom. The van der Waals surface area contributed by atoms with Crippen LogP contribution in [-0.4, -0.2) is 5.91 Å². The van der Waals surface area contributed by atoms with Gasteiger partial charge < -0.3 is 10.6 Å². The molecular formula is C23H27N3O. The molecular weight excluding hydrogens is 334 g/mol. The molecule has 2 aromatic rings. The van der Waals surface area contributed by atoms with Gasteiger partial charge in [-0.15, -0.1) is 0 Å². The zero-order valence-electron chi connectivity index (χ0n) is 16.6. The largest absolute Gasteiger partial charge is 0.360 e. The number of para-hydroxylation sites is 2. The molecule has 0 spiro atoms. The summed E-state index contributed by atoms with van der Waals surface area (Å²) in [4.78, 5) is 12.6. The van der Waals surface area contributed by atoms with Gasteiger partial charge in [0.1, 0.15) is 11.6 Å². The van der Waals surface area contributed by atoms with Gasteiger partial charge >= 0.3 is 0 Å². The summed E-state index contributed by atoms with van der Waals surface area (Å²) in [6.45, 7) is 10.4. The SMILES string of the molecule is Cc1cccc(C(C)C)c1N/C=C(/C#N)C(=O)Nc1ccccc1C(C)C. The van der Waals surface area contributed by atoms with Crippen LogP contribution in [0.2, 0.25) is 0 Å². The second kappa shape index (κ2) is 9.05. The monoisotopic (exact) mass is 361 g/mol. The highest BCUT2D eigenvalue weighted by atomic mass is 16.1. The van der Waals surface area contributed by atoms with E-state index < -0.39 is 5.91 Å². The Kier molecular flexibility index (Phi) is 6.79. The lowest BCUT2D eigenvalue weighted by molar-refractivity contribution is -0.112. The van der Waals surface area contributed by atoms with Crippen molar-refractivity contribution < 1.29 is 4.79 Å². The van der Waals surface area contributed by atoms with Gasteiger partial charge in [-0.05, 0) is 41.5 Å². The first kappa shape index (κ1) is 20.3. The summed E-state index contributed by atoms with van der Waals surface area (Å²) < 4.78 is 0.